The average Bonchev–Trinajstić information content (AvgIpc) is 3.70. The maximum atomic E-state index is 14.0. The molecular formula is C36H29F2N7O3. The molecular weight excluding hydrogens is 616 g/mol. The van der Waals surface area contributed by atoms with E-state index in [4.69, 9.17) is 4.42 Å². The third-order valence-corrected chi connectivity index (χ3v) is 8.67. The number of hydrogen-bond acceptors (Lipinski definition) is 10. The molecule has 6 aromatic rings. The van der Waals surface area contributed by atoms with E-state index in [1.54, 1.807) is 18.3 Å². The number of nitriles is 1. The Labute approximate surface area is 273 Å². The van der Waals surface area contributed by atoms with Gasteiger partial charge in [-0.1, -0.05) is 24.3 Å². The van der Waals surface area contributed by atoms with Crippen molar-refractivity contribution in [3.63, 3.8) is 0 Å². The van der Waals surface area contributed by atoms with Gasteiger partial charge in [0.1, 0.15) is 23.4 Å². The van der Waals surface area contributed by atoms with E-state index in [9.17, 15) is 23.9 Å². The first-order valence-corrected chi connectivity index (χ1v) is 15.3. The predicted octanol–water partition coefficient (Wildman–Crippen LogP) is 7.05. The minimum absolute atomic E-state index is 0.165. The van der Waals surface area contributed by atoms with Crippen molar-refractivity contribution in [2.45, 2.75) is 39.3 Å². The van der Waals surface area contributed by atoms with Crippen LogP contribution in [0.5, 0.6) is 0 Å². The molecule has 0 unspecified atom stereocenters. The highest BCUT2D eigenvalue weighted by molar-refractivity contribution is 5.91. The molecule has 0 aliphatic carbocycles. The summed E-state index contributed by atoms with van der Waals surface area (Å²) in [6, 6.07) is 18.3. The number of β-amino-alcohol motifs (C(OH)–C–C–N with tert-alkyl or cyclic N) is 1. The number of carbonyl (C=O) groups excluding carboxylic acids is 1. The Bertz CT molecular complexity index is 2260. The molecule has 1 atom stereocenters. The normalized spacial score (nSPS) is 15.0. The Hall–Kier alpha value is -5.64. The lowest BCUT2D eigenvalue weighted by Gasteiger charge is -2.17. The first-order chi connectivity index (χ1) is 23.2. The highest BCUT2D eigenvalue weighted by Gasteiger charge is 2.22. The number of aldehydes is 1. The number of nitrogens with one attached hydrogen (secondary N) is 1. The maximum absolute atomic E-state index is 14.0. The van der Waals surface area contributed by atoms with Crippen LogP contribution < -0.4 is 5.32 Å². The second-order valence-electron chi connectivity index (χ2n) is 11.9. The summed E-state index contributed by atoms with van der Waals surface area (Å²) in [5.41, 5.74) is 7.58. The maximum Gasteiger partial charge on any atom is 0.297 e. The van der Waals surface area contributed by atoms with Crippen LogP contribution in [0.15, 0.2) is 65.2 Å². The number of halogens is 2. The van der Waals surface area contributed by atoms with Crippen LogP contribution in [0, 0.1) is 25.2 Å². The predicted molar refractivity (Wildman–Crippen MR) is 176 cm³/mol. The summed E-state index contributed by atoms with van der Waals surface area (Å²) in [4.78, 5) is 30.9. The summed E-state index contributed by atoms with van der Waals surface area (Å²) in [6.45, 7) is 5.69. The molecule has 240 valence electrons. The zero-order valence-corrected chi connectivity index (χ0v) is 26.0. The molecule has 0 radical (unpaired) electrons. The number of anilines is 2. The number of aliphatic hydroxyl groups excluding tert-OH is 1. The Morgan fingerprint density at radius 1 is 1.06 bits per heavy atom. The fraction of sp³-hybridized carbons (Fsp3) is 0.222. The molecule has 3 aromatic heterocycles. The van der Waals surface area contributed by atoms with Crippen molar-refractivity contribution in [2.75, 3.05) is 18.4 Å². The minimum atomic E-state index is -2.88. The Balaban J connectivity index is 1.25. The summed E-state index contributed by atoms with van der Waals surface area (Å²) in [5.74, 6) is -0.121. The fourth-order valence-corrected chi connectivity index (χ4v) is 6.23. The van der Waals surface area contributed by atoms with Crippen molar-refractivity contribution in [1.82, 2.24) is 24.8 Å². The minimum Gasteiger partial charge on any atom is -0.435 e. The quantitative estimate of drug-likeness (QED) is 0.165. The van der Waals surface area contributed by atoms with E-state index in [0.717, 1.165) is 34.4 Å². The first-order valence-electron chi connectivity index (χ1n) is 15.3. The molecule has 1 aliphatic heterocycles. The molecule has 0 amide bonds. The van der Waals surface area contributed by atoms with E-state index in [-0.39, 0.29) is 17.5 Å². The molecule has 1 saturated heterocycles. The van der Waals surface area contributed by atoms with Gasteiger partial charge in [-0.05, 0) is 78.4 Å². The molecule has 0 bridgehead atoms. The van der Waals surface area contributed by atoms with Crippen LogP contribution in [-0.2, 0) is 6.54 Å². The number of nitrogens with zero attached hydrogens (tertiary/aromatic N) is 6. The first kappa shape index (κ1) is 31.0. The zero-order valence-electron chi connectivity index (χ0n) is 26.0. The second kappa shape index (κ2) is 12.5. The van der Waals surface area contributed by atoms with Gasteiger partial charge in [0, 0.05) is 42.6 Å². The number of aromatic nitrogens is 4. The van der Waals surface area contributed by atoms with Crippen LogP contribution in [0.25, 0.3) is 44.7 Å². The Kier molecular flexibility index (Phi) is 8.08. The van der Waals surface area contributed by atoms with Crippen molar-refractivity contribution >= 4 is 39.9 Å². The molecule has 1 aliphatic rings. The van der Waals surface area contributed by atoms with Gasteiger partial charge in [0.15, 0.2) is 17.2 Å². The SMILES string of the molecule is Cc1c(Nc2nc(C(F)F)nc3cc(CN4CC[C@H](O)C4)cnc23)cccc1-c1cccc(-c2nc3cc(C=O)cc(C#N)c3o2)c1C. The summed E-state index contributed by atoms with van der Waals surface area (Å²) >= 11 is 0. The topological polar surface area (TPSA) is 141 Å². The second-order valence-corrected chi connectivity index (χ2v) is 11.9. The van der Waals surface area contributed by atoms with E-state index in [2.05, 4.69) is 36.2 Å². The van der Waals surface area contributed by atoms with Gasteiger partial charge in [-0.25, -0.2) is 23.7 Å². The number of oxazole rings is 1. The van der Waals surface area contributed by atoms with Gasteiger partial charge in [-0.15, -0.1) is 0 Å². The van der Waals surface area contributed by atoms with Gasteiger partial charge in [0.05, 0.1) is 17.2 Å². The summed E-state index contributed by atoms with van der Waals surface area (Å²) < 4.78 is 34.0. The zero-order chi connectivity index (χ0) is 33.5. The molecule has 3 aromatic carbocycles. The van der Waals surface area contributed by atoms with Crippen LogP contribution in [0.1, 0.15) is 51.3 Å². The molecule has 10 nitrogen and oxygen atoms in total. The summed E-state index contributed by atoms with van der Waals surface area (Å²) in [6.07, 6.45) is -0.208. The van der Waals surface area contributed by atoms with Crippen LogP contribution in [0.4, 0.5) is 20.3 Å². The highest BCUT2D eigenvalue weighted by Crippen LogP contribution is 2.38. The molecule has 2 N–H and O–H groups in total. The van der Waals surface area contributed by atoms with Gasteiger partial charge in [-0.2, -0.15) is 5.26 Å². The fourth-order valence-electron chi connectivity index (χ4n) is 6.23. The molecule has 12 heteroatoms. The standard InChI is InChI=1S/C36H29F2N7O3/c1-19-25(5-3-7-27(19)36-43-30-12-21(18-46)11-23(14-39)32(30)48-36)26-6-4-8-28(20(26)2)41-34-31-29(42-35(44-34)33(37)38)13-22(15-40-31)16-45-10-9-24(47)17-45/h3-8,11-13,15,18,24,33,47H,9-10,16-17H2,1-2H3,(H,41,42,44)/t24-/m0/s1. The van der Waals surface area contributed by atoms with E-state index in [1.807, 2.05) is 50.2 Å². The number of aliphatic hydroxyl groups is 1. The van der Waals surface area contributed by atoms with Crippen molar-refractivity contribution in [1.29, 1.82) is 5.26 Å². The van der Waals surface area contributed by atoms with Crippen molar-refractivity contribution in [3.8, 4) is 28.7 Å². The van der Waals surface area contributed by atoms with Crippen LogP contribution >= 0.6 is 0 Å². The Morgan fingerprint density at radius 3 is 2.56 bits per heavy atom. The van der Waals surface area contributed by atoms with E-state index in [0.29, 0.717) is 70.6 Å². The van der Waals surface area contributed by atoms with E-state index >= 15 is 0 Å². The molecule has 7 rings (SSSR count). The van der Waals surface area contributed by atoms with Crippen molar-refractivity contribution < 1.29 is 23.1 Å². The lowest BCUT2D eigenvalue weighted by molar-refractivity contribution is 0.112. The van der Waals surface area contributed by atoms with Gasteiger partial charge >= 0.3 is 0 Å². The van der Waals surface area contributed by atoms with Gasteiger partial charge < -0.3 is 14.8 Å². The number of hydrogen-bond donors (Lipinski definition) is 2. The molecule has 0 saturated carbocycles. The van der Waals surface area contributed by atoms with Crippen LogP contribution in [0.2, 0.25) is 0 Å². The molecule has 48 heavy (non-hydrogen) atoms. The number of fused-ring (bicyclic) bond motifs is 2. The third kappa shape index (κ3) is 5.74. The smallest absolute Gasteiger partial charge is 0.297 e. The molecule has 1 fully saturated rings. The van der Waals surface area contributed by atoms with Gasteiger partial charge in [0.2, 0.25) is 5.89 Å². The molecule has 4 heterocycles. The van der Waals surface area contributed by atoms with Crippen molar-refractivity contribution in [3.05, 3.63) is 94.4 Å². The van der Waals surface area contributed by atoms with Crippen molar-refractivity contribution in [2.24, 2.45) is 0 Å². The van der Waals surface area contributed by atoms with Gasteiger partial charge in [-0.3, -0.25) is 14.7 Å². The number of rotatable bonds is 8. The number of benzene rings is 3. The average molecular weight is 646 g/mol. The third-order valence-electron chi connectivity index (χ3n) is 8.67. The monoisotopic (exact) mass is 645 g/mol. The number of likely N-dealkylation sites (tertiary alicyclic amines) is 1. The van der Waals surface area contributed by atoms with Crippen LogP contribution in [-0.4, -0.2) is 55.4 Å². The Morgan fingerprint density at radius 2 is 1.83 bits per heavy atom. The lowest BCUT2D eigenvalue weighted by Crippen LogP contribution is -2.21. The summed E-state index contributed by atoms with van der Waals surface area (Å²) in [5, 5.41) is 22.7. The summed E-state index contributed by atoms with van der Waals surface area (Å²) in [7, 11) is 0. The van der Waals surface area contributed by atoms with Gasteiger partial charge in [0.25, 0.3) is 6.43 Å². The highest BCUT2D eigenvalue weighted by atomic mass is 19.3. The largest absolute Gasteiger partial charge is 0.435 e. The number of carbonyl (C=O) groups is 1. The lowest BCUT2D eigenvalue weighted by atomic mass is 9.93. The van der Waals surface area contributed by atoms with E-state index < -0.39 is 12.2 Å². The number of alkyl halides is 2. The van der Waals surface area contributed by atoms with E-state index in [1.165, 1.54) is 6.07 Å². The number of pyridine rings is 1. The molecule has 0 spiro atoms. The van der Waals surface area contributed by atoms with Crippen LogP contribution in [0.3, 0.4) is 0 Å².